The lowest BCUT2D eigenvalue weighted by atomic mass is 9.98. The van der Waals surface area contributed by atoms with Gasteiger partial charge >= 0.3 is 0 Å². The summed E-state index contributed by atoms with van der Waals surface area (Å²) in [4.78, 5) is 12.1. The zero-order chi connectivity index (χ0) is 17.4. The Morgan fingerprint density at radius 2 is 1.92 bits per heavy atom. The van der Waals surface area contributed by atoms with Gasteiger partial charge in [-0.25, -0.2) is 8.42 Å². The van der Waals surface area contributed by atoms with Crippen LogP contribution in [0.3, 0.4) is 0 Å². The van der Waals surface area contributed by atoms with E-state index in [4.69, 9.17) is 0 Å². The third-order valence-corrected chi connectivity index (χ3v) is 7.03. The van der Waals surface area contributed by atoms with E-state index < -0.39 is 10.0 Å². The summed E-state index contributed by atoms with van der Waals surface area (Å²) in [6, 6.07) is 8.57. The van der Waals surface area contributed by atoms with Gasteiger partial charge < -0.3 is 5.32 Å². The topological polar surface area (TPSA) is 66.5 Å². The molecule has 1 aromatic rings. The summed E-state index contributed by atoms with van der Waals surface area (Å²) in [6.07, 6.45) is 2.13. The normalized spacial score (nSPS) is 16.9. The van der Waals surface area contributed by atoms with Crippen LogP contribution in [0, 0.1) is 5.92 Å². The van der Waals surface area contributed by atoms with Crippen molar-refractivity contribution < 1.29 is 13.2 Å². The highest BCUT2D eigenvalue weighted by Crippen LogP contribution is 2.23. The van der Waals surface area contributed by atoms with Crippen LogP contribution in [-0.4, -0.2) is 49.8 Å². The van der Waals surface area contributed by atoms with Crippen LogP contribution in [0.5, 0.6) is 0 Å². The van der Waals surface area contributed by atoms with Crippen LogP contribution in [-0.2, 0) is 14.8 Å². The summed E-state index contributed by atoms with van der Waals surface area (Å²) in [6.45, 7) is 3.77. The number of nitrogens with zero attached hydrogens (tertiary/aromatic N) is 1. The van der Waals surface area contributed by atoms with Gasteiger partial charge in [0.05, 0.1) is 4.90 Å². The van der Waals surface area contributed by atoms with E-state index >= 15 is 0 Å². The molecule has 1 amide bonds. The number of hydrogen-bond donors (Lipinski definition) is 1. The molecule has 7 heteroatoms. The second-order valence-electron chi connectivity index (χ2n) is 5.91. The van der Waals surface area contributed by atoms with Crippen molar-refractivity contribution in [3.05, 3.63) is 30.3 Å². The van der Waals surface area contributed by atoms with Crippen LogP contribution in [0.25, 0.3) is 0 Å². The van der Waals surface area contributed by atoms with E-state index in [0.717, 1.165) is 24.3 Å². The number of amides is 1. The number of carbonyl (C=O) groups excluding carboxylic acids is 1. The number of hydrogen-bond acceptors (Lipinski definition) is 4. The minimum atomic E-state index is -3.39. The quantitative estimate of drug-likeness (QED) is 0.714. The Labute approximate surface area is 149 Å². The fourth-order valence-corrected chi connectivity index (χ4v) is 4.86. The molecule has 1 N–H and O–H groups in total. The number of nitrogens with one attached hydrogen (secondary N) is 1. The molecule has 0 atom stereocenters. The Morgan fingerprint density at radius 3 is 2.54 bits per heavy atom. The molecule has 1 aromatic carbocycles. The maximum atomic E-state index is 12.6. The lowest BCUT2D eigenvalue weighted by molar-refractivity contribution is -0.120. The molecule has 0 unspecified atom stereocenters. The van der Waals surface area contributed by atoms with Crippen LogP contribution in [0.2, 0.25) is 0 Å². The molecule has 0 spiro atoms. The monoisotopic (exact) mass is 370 g/mol. The summed E-state index contributed by atoms with van der Waals surface area (Å²) >= 11 is 1.76. The molecule has 1 aliphatic rings. The van der Waals surface area contributed by atoms with E-state index in [2.05, 4.69) is 12.2 Å². The lowest BCUT2D eigenvalue weighted by Crippen LogP contribution is -2.41. The second kappa shape index (κ2) is 9.44. The van der Waals surface area contributed by atoms with Crippen LogP contribution < -0.4 is 5.32 Å². The third kappa shape index (κ3) is 5.50. The molecule has 0 aliphatic carbocycles. The minimum Gasteiger partial charge on any atom is -0.356 e. The molecular formula is C17H26N2O3S2. The van der Waals surface area contributed by atoms with Gasteiger partial charge in [-0.2, -0.15) is 16.1 Å². The molecule has 1 saturated heterocycles. The molecule has 0 aromatic heterocycles. The first kappa shape index (κ1) is 19.3. The highest BCUT2D eigenvalue weighted by atomic mass is 32.2. The number of sulfonamides is 1. The maximum absolute atomic E-state index is 12.6. The summed E-state index contributed by atoms with van der Waals surface area (Å²) in [7, 11) is -3.39. The van der Waals surface area contributed by atoms with E-state index in [1.807, 2.05) is 6.07 Å². The molecule has 1 aliphatic heterocycles. The highest BCUT2D eigenvalue weighted by Gasteiger charge is 2.29. The first-order valence-corrected chi connectivity index (χ1v) is 11.0. The fourth-order valence-electron chi connectivity index (χ4n) is 2.75. The Bertz CT molecular complexity index is 612. The van der Waals surface area contributed by atoms with Crippen molar-refractivity contribution in [1.29, 1.82) is 0 Å². The molecule has 1 fully saturated rings. The van der Waals surface area contributed by atoms with E-state index in [-0.39, 0.29) is 5.91 Å². The summed E-state index contributed by atoms with van der Waals surface area (Å²) < 4.78 is 26.7. The molecule has 134 valence electrons. The van der Waals surface area contributed by atoms with Gasteiger partial charge in [0, 0.05) is 31.8 Å². The van der Waals surface area contributed by atoms with E-state index in [0.29, 0.717) is 36.9 Å². The average Bonchev–Trinajstić information content (AvgIpc) is 2.61. The van der Waals surface area contributed by atoms with E-state index in [1.54, 1.807) is 40.3 Å². The smallest absolute Gasteiger partial charge is 0.243 e. The van der Waals surface area contributed by atoms with Gasteiger partial charge in [-0.05, 0) is 36.6 Å². The predicted molar refractivity (Wildman–Crippen MR) is 98.6 cm³/mol. The zero-order valence-corrected chi connectivity index (χ0v) is 15.7. The first-order chi connectivity index (χ1) is 11.5. The van der Waals surface area contributed by atoms with Crippen LogP contribution >= 0.6 is 11.8 Å². The minimum absolute atomic E-state index is 0.0929. The van der Waals surface area contributed by atoms with Gasteiger partial charge in [-0.15, -0.1) is 0 Å². The standard InChI is InChI=1S/C17H26N2O3S2/c1-2-23-13-10-17(20)18-14-15-8-11-19(12-9-15)24(21,22)16-6-4-3-5-7-16/h3-7,15H,2,8-14H2,1H3,(H,18,20). The van der Waals surface area contributed by atoms with Crippen molar-refractivity contribution in [3.8, 4) is 0 Å². The Kier molecular flexibility index (Phi) is 7.58. The van der Waals surface area contributed by atoms with Crippen LogP contribution in [0.4, 0.5) is 0 Å². The van der Waals surface area contributed by atoms with Crippen molar-refractivity contribution in [2.45, 2.75) is 31.1 Å². The molecule has 1 heterocycles. The van der Waals surface area contributed by atoms with Crippen molar-refractivity contribution in [1.82, 2.24) is 9.62 Å². The second-order valence-corrected chi connectivity index (χ2v) is 9.24. The number of thioether (sulfide) groups is 1. The molecule has 2 rings (SSSR count). The summed E-state index contributed by atoms with van der Waals surface area (Å²) in [5, 5.41) is 2.98. The first-order valence-electron chi connectivity index (χ1n) is 8.43. The van der Waals surface area contributed by atoms with Gasteiger partial charge in [-0.1, -0.05) is 25.1 Å². The Morgan fingerprint density at radius 1 is 1.25 bits per heavy atom. The third-order valence-electron chi connectivity index (χ3n) is 4.22. The van der Waals surface area contributed by atoms with Gasteiger partial charge in [-0.3, -0.25) is 4.79 Å². The van der Waals surface area contributed by atoms with Gasteiger partial charge in [0.2, 0.25) is 15.9 Å². The number of carbonyl (C=O) groups is 1. The van der Waals surface area contributed by atoms with Crippen molar-refractivity contribution in [2.75, 3.05) is 31.1 Å². The van der Waals surface area contributed by atoms with Crippen LogP contribution in [0.15, 0.2) is 35.2 Å². The summed E-state index contributed by atoms with van der Waals surface area (Å²) in [5.41, 5.74) is 0. The molecule has 0 bridgehead atoms. The van der Waals surface area contributed by atoms with Crippen molar-refractivity contribution >= 4 is 27.7 Å². The molecule has 5 nitrogen and oxygen atoms in total. The lowest BCUT2D eigenvalue weighted by Gasteiger charge is -2.31. The number of rotatable bonds is 8. The van der Waals surface area contributed by atoms with Gasteiger partial charge in [0.25, 0.3) is 0 Å². The SMILES string of the molecule is CCSCCC(=O)NCC1CCN(S(=O)(=O)c2ccccc2)CC1. The largest absolute Gasteiger partial charge is 0.356 e. The fraction of sp³-hybridized carbons (Fsp3) is 0.588. The highest BCUT2D eigenvalue weighted by molar-refractivity contribution is 7.99. The van der Waals surface area contributed by atoms with E-state index in [1.165, 1.54) is 0 Å². The zero-order valence-electron chi connectivity index (χ0n) is 14.1. The van der Waals surface area contributed by atoms with E-state index in [9.17, 15) is 13.2 Å². The average molecular weight is 371 g/mol. The van der Waals surface area contributed by atoms with Crippen molar-refractivity contribution in [3.63, 3.8) is 0 Å². The molecule has 24 heavy (non-hydrogen) atoms. The number of benzene rings is 1. The number of piperidine rings is 1. The van der Waals surface area contributed by atoms with Crippen LogP contribution in [0.1, 0.15) is 26.2 Å². The van der Waals surface area contributed by atoms with Gasteiger partial charge in [0.1, 0.15) is 0 Å². The van der Waals surface area contributed by atoms with Gasteiger partial charge in [0.15, 0.2) is 0 Å². The maximum Gasteiger partial charge on any atom is 0.243 e. The summed E-state index contributed by atoms with van der Waals surface area (Å²) in [5.74, 6) is 2.34. The van der Waals surface area contributed by atoms with Crippen molar-refractivity contribution in [2.24, 2.45) is 5.92 Å². The molecule has 0 radical (unpaired) electrons. The Hall–Kier alpha value is -1.05. The predicted octanol–water partition coefficient (Wildman–Crippen LogP) is 2.35. The molecular weight excluding hydrogens is 344 g/mol. The Balaban J connectivity index is 1.76. The molecule has 0 saturated carbocycles.